The van der Waals surface area contributed by atoms with Gasteiger partial charge in [-0.1, -0.05) is 37.6 Å². The molecular formula is C20H18N2O5. The van der Waals surface area contributed by atoms with Crippen molar-refractivity contribution in [3.8, 4) is 0 Å². The number of carbonyl (C=O) groups is 3. The first-order chi connectivity index (χ1) is 12.9. The molecule has 0 unspecified atom stereocenters. The number of imide groups is 1. The summed E-state index contributed by atoms with van der Waals surface area (Å²) in [5.41, 5.74) is 1.30. The molecule has 2 aromatic rings. The summed E-state index contributed by atoms with van der Waals surface area (Å²) in [6.07, 6.45) is 3.08. The van der Waals surface area contributed by atoms with Crippen molar-refractivity contribution in [3.05, 3.63) is 74.8 Å². The van der Waals surface area contributed by atoms with Gasteiger partial charge in [0, 0.05) is 17.7 Å². The average Bonchev–Trinajstić information content (AvgIpc) is 2.91. The summed E-state index contributed by atoms with van der Waals surface area (Å²) in [7, 11) is 0. The number of Topliss-reactive ketones (excluding diaryl/α,β-unsaturated/α-hetero) is 1. The summed E-state index contributed by atoms with van der Waals surface area (Å²) in [4.78, 5) is 48.4. The Kier molecular flexibility index (Phi) is 5.12. The van der Waals surface area contributed by atoms with Crippen molar-refractivity contribution >= 4 is 23.3 Å². The minimum atomic E-state index is -0.688. The van der Waals surface area contributed by atoms with Gasteiger partial charge in [0.2, 0.25) is 0 Å². The molecule has 0 saturated heterocycles. The van der Waals surface area contributed by atoms with Crippen LogP contribution in [0.2, 0.25) is 0 Å². The van der Waals surface area contributed by atoms with Gasteiger partial charge in [0.15, 0.2) is 5.78 Å². The number of nitrogens with zero attached hydrogens (tertiary/aromatic N) is 2. The fourth-order valence-corrected chi connectivity index (χ4v) is 3.01. The molecule has 0 atom stereocenters. The number of hydrogen-bond donors (Lipinski definition) is 0. The summed E-state index contributed by atoms with van der Waals surface area (Å²) in [5, 5.41) is 10.9. The van der Waals surface area contributed by atoms with Crippen LogP contribution >= 0.6 is 0 Å². The van der Waals surface area contributed by atoms with Crippen molar-refractivity contribution in [1.82, 2.24) is 4.90 Å². The molecule has 0 bridgehead atoms. The van der Waals surface area contributed by atoms with Crippen LogP contribution in [-0.4, -0.2) is 34.0 Å². The molecule has 138 valence electrons. The number of hydrogen-bond acceptors (Lipinski definition) is 5. The minimum absolute atomic E-state index is 0.0445. The second-order valence-corrected chi connectivity index (χ2v) is 6.41. The smallest absolute Gasteiger partial charge is 0.270 e. The summed E-state index contributed by atoms with van der Waals surface area (Å²) in [6, 6.07) is 10.6. The van der Waals surface area contributed by atoms with Crippen molar-refractivity contribution in [3.63, 3.8) is 0 Å². The number of amides is 2. The Morgan fingerprint density at radius 1 is 1.04 bits per heavy atom. The second kappa shape index (κ2) is 7.49. The number of unbranched alkanes of at least 4 members (excludes halogenated alkanes) is 1. The first-order valence-electron chi connectivity index (χ1n) is 8.69. The van der Waals surface area contributed by atoms with Crippen LogP contribution in [0.25, 0.3) is 0 Å². The topological polar surface area (TPSA) is 97.6 Å². The Morgan fingerprint density at radius 3 is 2.33 bits per heavy atom. The fraction of sp³-hybridized carbons (Fsp3) is 0.250. The lowest BCUT2D eigenvalue weighted by atomic mass is 10.0. The minimum Gasteiger partial charge on any atom is -0.292 e. The maximum absolute atomic E-state index is 12.5. The molecule has 7 nitrogen and oxygen atoms in total. The molecule has 1 aliphatic rings. The van der Waals surface area contributed by atoms with Crippen molar-refractivity contribution in [2.75, 3.05) is 6.54 Å². The number of fused-ring (bicyclic) bond motifs is 1. The lowest BCUT2D eigenvalue weighted by Gasteiger charge is -2.13. The van der Waals surface area contributed by atoms with Crippen LogP contribution in [0.3, 0.4) is 0 Å². The molecule has 1 heterocycles. The van der Waals surface area contributed by atoms with E-state index in [1.165, 1.54) is 12.1 Å². The highest BCUT2D eigenvalue weighted by molar-refractivity contribution is 6.23. The Bertz CT molecular complexity index is 934. The first kappa shape index (κ1) is 18.4. The van der Waals surface area contributed by atoms with E-state index in [-0.39, 0.29) is 22.6 Å². The molecule has 0 aromatic heterocycles. The quantitative estimate of drug-likeness (QED) is 0.324. The van der Waals surface area contributed by atoms with Gasteiger partial charge in [0.1, 0.15) is 0 Å². The second-order valence-electron chi connectivity index (χ2n) is 6.41. The van der Waals surface area contributed by atoms with Gasteiger partial charge < -0.3 is 0 Å². The first-order valence-corrected chi connectivity index (χ1v) is 8.69. The third-order valence-electron chi connectivity index (χ3n) is 4.56. The maximum Gasteiger partial charge on any atom is 0.270 e. The summed E-state index contributed by atoms with van der Waals surface area (Å²) < 4.78 is 0. The number of carbonyl (C=O) groups excluding carboxylic acids is 3. The van der Waals surface area contributed by atoms with E-state index in [4.69, 9.17) is 0 Å². The number of non-ortho nitro benzene ring substituents is 1. The molecule has 0 saturated carbocycles. The van der Waals surface area contributed by atoms with Crippen molar-refractivity contribution in [2.45, 2.75) is 26.2 Å². The SMILES string of the molecule is CCCCc1ccc(C(=O)CN2C(=O)c3ccc([N+](=O)[O-])cc3C2=O)cc1. The van der Waals surface area contributed by atoms with E-state index in [2.05, 4.69) is 6.92 Å². The molecule has 2 amide bonds. The van der Waals surface area contributed by atoms with Gasteiger partial charge >= 0.3 is 0 Å². The van der Waals surface area contributed by atoms with E-state index in [0.29, 0.717) is 5.56 Å². The van der Waals surface area contributed by atoms with Crippen LogP contribution in [0.1, 0.15) is 56.4 Å². The molecule has 0 radical (unpaired) electrons. The molecule has 0 N–H and O–H groups in total. The summed E-state index contributed by atoms with van der Waals surface area (Å²) >= 11 is 0. The highest BCUT2D eigenvalue weighted by atomic mass is 16.6. The molecule has 0 aliphatic carbocycles. The zero-order chi connectivity index (χ0) is 19.6. The molecule has 7 heteroatoms. The van der Waals surface area contributed by atoms with Gasteiger partial charge in [-0.05, 0) is 24.5 Å². The van der Waals surface area contributed by atoms with Crippen molar-refractivity contribution < 1.29 is 19.3 Å². The van der Waals surface area contributed by atoms with E-state index >= 15 is 0 Å². The van der Waals surface area contributed by atoms with E-state index in [0.717, 1.165) is 35.8 Å². The highest BCUT2D eigenvalue weighted by Crippen LogP contribution is 2.27. The standard InChI is InChI=1S/C20H18N2O5/c1-2-3-4-13-5-7-14(8-6-13)18(23)12-21-19(24)16-10-9-15(22(26)27)11-17(16)20(21)25/h5-11H,2-4,12H2,1H3. The third-order valence-corrected chi connectivity index (χ3v) is 4.56. The predicted molar refractivity (Wildman–Crippen MR) is 97.8 cm³/mol. The van der Waals surface area contributed by atoms with Crippen molar-refractivity contribution in [1.29, 1.82) is 0 Å². The van der Waals surface area contributed by atoms with E-state index < -0.39 is 23.3 Å². The maximum atomic E-state index is 12.5. The van der Waals surface area contributed by atoms with Crippen LogP contribution in [0, 0.1) is 10.1 Å². The summed E-state index contributed by atoms with van der Waals surface area (Å²) in [6.45, 7) is 1.71. The van der Waals surface area contributed by atoms with E-state index in [1.54, 1.807) is 12.1 Å². The number of aryl methyl sites for hydroxylation is 1. The third kappa shape index (κ3) is 3.62. The molecule has 0 spiro atoms. The van der Waals surface area contributed by atoms with Gasteiger partial charge in [-0.3, -0.25) is 29.4 Å². The molecular weight excluding hydrogens is 348 g/mol. The van der Waals surface area contributed by atoms with Gasteiger partial charge in [-0.15, -0.1) is 0 Å². The van der Waals surface area contributed by atoms with E-state index in [9.17, 15) is 24.5 Å². The molecule has 27 heavy (non-hydrogen) atoms. The van der Waals surface area contributed by atoms with Crippen LogP contribution in [-0.2, 0) is 6.42 Å². The molecule has 0 fully saturated rings. The molecule has 1 aliphatic heterocycles. The highest BCUT2D eigenvalue weighted by Gasteiger charge is 2.37. The van der Waals surface area contributed by atoms with Gasteiger partial charge in [-0.2, -0.15) is 0 Å². The number of ketones is 1. The Balaban J connectivity index is 1.75. The van der Waals surface area contributed by atoms with Gasteiger partial charge in [0.05, 0.1) is 22.6 Å². The van der Waals surface area contributed by atoms with Crippen LogP contribution in [0.15, 0.2) is 42.5 Å². The lowest BCUT2D eigenvalue weighted by molar-refractivity contribution is -0.384. The number of nitro benzene ring substituents is 1. The fourth-order valence-electron chi connectivity index (χ4n) is 3.01. The number of benzene rings is 2. The monoisotopic (exact) mass is 366 g/mol. The zero-order valence-electron chi connectivity index (χ0n) is 14.8. The van der Waals surface area contributed by atoms with Crippen LogP contribution < -0.4 is 0 Å². The largest absolute Gasteiger partial charge is 0.292 e. The normalized spacial score (nSPS) is 13.0. The van der Waals surface area contributed by atoms with Gasteiger partial charge in [-0.25, -0.2) is 0 Å². The lowest BCUT2D eigenvalue weighted by Crippen LogP contribution is -2.34. The Hall–Kier alpha value is -3.35. The zero-order valence-corrected chi connectivity index (χ0v) is 14.8. The van der Waals surface area contributed by atoms with Crippen LogP contribution in [0.5, 0.6) is 0 Å². The predicted octanol–water partition coefficient (Wildman–Crippen LogP) is 3.42. The van der Waals surface area contributed by atoms with Gasteiger partial charge in [0.25, 0.3) is 17.5 Å². The molecule has 3 rings (SSSR count). The van der Waals surface area contributed by atoms with E-state index in [1.807, 2.05) is 12.1 Å². The van der Waals surface area contributed by atoms with Crippen LogP contribution in [0.4, 0.5) is 5.69 Å². The number of nitro groups is 1. The number of rotatable bonds is 7. The molecule has 2 aromatic carbocycles. The summed E-state index contributed by atoms with van der Waals surface area (Å²) in [5.74, 6) is -1.66. The average molecular weight is 366 g/mol. The van der Waals surface area contributed by atoms with Crippen molar-refractivity contribution in [2.24, 2.45) is 0 Å². The Morgan fingerprint density at radius 2 is 1.70 bits per heavy atom. The Labute approximate surface area is 155 Å².